The Labute approximate surface area is 211 Å². The highest BCUT2D eigenvalue weighted by Gasteiger charge is 2.41. The number of sulfonamides is 1. The number of carboxylic acid groups (broad SMARTS) is 1. The van der Waals surface area contributed by atoms with Crippen molar-refractivity contribution in [3.05, 3.63) is 84.8 Å². The largest absolute Gasteiger partial charge is 0.465 e. The van der Waals surface area contributed by atoms with Gasteiger partial charge in [0.15, 0.2) is 5.65 Å². The summed E-state index contributed by atoms with van der Waals surface area (Å²) < 4.78 is 31.1. The molecule has 0 atom stereocenters. The van der Waals surface area contributed by atoms with Crippen molar-refractivity contribution in [3.63, 3.8) is 0 Å². The zero-order valence-electron chi connectivity index (χ0n) is 19.3. The molecule has 0 bridgehead atoms. The van der Waals surface area contributed by atoms with E-state index in [-0.39, 0.29) is 18.1 Å². The lowest BCUT2D eigenvalue weighted by Crippen LogP contribution is -2.59. The van der Waals surface area contributed by atoms with Crippen LogP contribution in [0.25, 0.3) is 38.7 Å². The molecule has 4 N–H and O–H groups in total. The maximum Gasteiger partial charge on any atom is 0.405 e. The molecule has 1 amide bonds. The van der Waals surface area contributed by atoms with Gasteiger partial charge in [-0.2, -0.15) is 5.10 Å². The van der Waals surface area contributed by atoms with Crippen LogP contribution >= 0.6 is 0 Å². The Balaban J connectivity index is 1.38. The number of ether oxygens (including phenoxy) is 1. The molecule has 0 spiro atoms. The van der Waals surface area contributed by atoms with Gasteiger partial charge in [-0.15, -0.1) is 0 Å². The number of nitrogens with zero attached hydrogens (tertiary/aromatic N) is 3. The van der Waals surface area contributed by atoms with Gasteiger partial charge in [0.25, 0.3) is 0 Å². The van der Waals surface area contributed by atoms with Gasteiger partial charge < -0.3 is 15.2 Å². The number of primary sulfonamides is 1. The Morgan fingerprint density at radius 1 is 0.973 bits per heavy atom. The molecule has 3 aromatic carbocycles. The Kier molecular flexibility index (Phi) is 5.23. The van der Waals surface area contributed by atoms with Crippen LogP contribution in [-0.2, 0) is 20.3 Å². The fraction of sp³-hybridized carbons (Fsp3) is 0.115. The molecule has 37 heavy (non-hydrogen) atoms. The number of fused-ring (bicyclic) bond motifs is 2. The first-order chi connectivity index (χ1) is 17.7. The Morgan fingerprint density at radius 2 is 1.70 bits per heavy atom. The van der Waals surface area contributed by atoms with Gasteiger partial charge in [0.1, 0.15) is 5.54 Å². The topological polar surface area (TPSA) is 149 Å². The van der Waals surface area contributed by atoms with Crippen LogP contribution in [0.1, 0.15) is 5.56 Å². The first-order valence-electron chi connectivity index (χ1n) is 11.3. The number of amides is 1. The molecule has 1 aliphatic rings. The molecule has 0 aliphatic carbocycles. The van der Waals surface area contributed by atoms with Gasteiger partial charge in [0.05, 0.1) is 24.3 Å². The second-order valence-corrected chi connectivity index (χ2v) is 10.5. The number of aromatic nitrogens is 3. The predicted octanol–water partition coefficient (Wildman–Crippen LogP) is 3.36. The third-order valence-electron chi connectivity index (χ3n) is 6.65. The Morgan fingerprint density at radius 3 is 2.35 bits per heavy atom. The molecule has 3 heterocycles. The fourth-order valence-electron chi connectivity index (χ4n) is 4.77. The molecule has 1 saturated heterocycles. The highest BCUT2D eigenvalue weighted by atomic mass is 32.2. The summed E-state index contributed by atoms with van der Waals surface area (Å²) in [6.45, 7) is 0.574. The quantitative estimate of drug-likeness (QED) is 0.325. The van der Waals surface area contributed by atoms with Crippen molar-refractivity contribution in [2.24, 2.45) is 5.14 Å². The summed E-state index contributed by atoms with van der Waals surface area (Å²) >= 11 is 0. The van der Waals surface area contributed by atoms with Gasteiger partial charge >= 0.3 is 6.09 Å². The van der Waals surface area contributed by atoms with Gasteiger partial charge in [-0.3, -0.25) is 0 Å². The third-order valence-corrected chi connectivity index (χ3v) is 7.62. The molecular formula is C26H21N5O5S. The van der Waals surface area contributed by atoms with Crippen LogP contribution in [0.2, 0.25) is 0 Å². The van der Waals surface area contributed by atoms with E-state index >= 15 is 0 Å². The lowest BCUT2D eigenvalue weighted by Gasteiger charge is -2.41. The number of carbonyl (C=O) groups is 1. The van der Waals surface area contributed by atoms with Gasteiger partial charge in [-0.25, -0.2) is 27.9 Å². The standard InChI is InChI=1S/C26H21N5O5S/c27-37(34,35)23-10-9-20(19-3-1-2-4-21(19)23)22-12-29-31-13-17(11-28-24(22)31)16-5-7-18(8-6-16)26(14-36-15-26)30-25(32)33/h1-13,30H,14-15H2,(H,32,33)(H2,27,34,35). The molecule has 10 nitrogen and oxygen atoms in total. The summed E-state index contributed by atoms with van der Waals surface area (Å²) in [6.07, 6.45) is 4.21. The van der Waals surface area contributed by atoms with Crippen LogP contribution in [-0.4, -0.2) is 47.4 Å². The summed E-state index contributed by atoms with van der Waals surface area (Å²) in [5.41, 5.74) is 3.98. The number of hydrogen-bond donors (Lipinski definition) is 3. The highest BCUT2D eigenvalue weighted by molar-refractivity contribution is 7.89. The minimum atomic E-state index is -3.89. The number of benzene rings is 3. The van der Waals surface area contributed by atoms with Gasteiger partial charge in [0, 0.05) is 28.9 Å². The molecule has 1 aliphatic heterocycles. The van der Waals surface area contributed by atoms with E-state index in [2.05, 4.69) is 15.4 Å². The van der Waals surface area contributed by atoms with Crippen molar-refractivity contribution < 1.29 is 23.1 Å². The van der Waals surface area contributed by atoms with Crippen molar-refractivity contribution in [1.82, 2.24) is 19.9 Å². The van der Waals surface area contributed by atoms with Crippen molar-refractivity contribution in [2.45, 2.75) is 10.4 Å². The van der Waals surface area contributed by atoms with Gasteiger partial charge in [-0.05, 0) is 28.1 Å². The molecule has 1 fully saturated rings. The van der Waals surface area contributed by atoms with E-state index in [1.807, 2.05) is 42.6 Å². The van der Waals surface area contributed by atoms with Gasteiger partial charge in [-0.1, -0.05) is 54.6 Å². The fourth-order valence-corrected chi connectivity index (χ4v) is 5.51. The minimum Gasteiger partial charge on any atom is -0.465 e. The summed E-state index contributed by atoms with van der Waals surface area (Å²) in [6, 6.07) is 18.0. The van der Waals surface area contributed by atoms with Crippen LogP contribution in [0.4, 0.5) is 4.79 Å². The molecule has 0 saturated carbocycles. The van der Waals surface area contributed by atoms with E-state index in [1.165, 1.54) is 6.07 Å². The molecule has 6 rings (SSSR count). The molecule has 186 valence electrons. The number of nitrogens with two attached hydrogens (primary N) is 1. The number of nitrogens with one attached hydrogen (secondary N) is 1. The van der Waals surface area contributed by atoms with E-state index in [0.29, 0.717) is 11.0 Å². The third kappa shape index (κ3) is 3.89. The van der Waals surface area contributed by atoms with Crippen LogP contribution in [0.3, 0.4) is 0 Å². The highest BCUT2D eigenvalue weighted by Crippen LogP contribution is 2.35. The van der Waals surface area contributed by atoms with E-state index in [0.717, 1.165) is 33.2 Å². The zero-order valence-corrected chi connectivity index (χ0v) is 20.1. The average Bonchev–Trinajstić information content (AvgIpc) is 3.28. The van der Waals surface area contributed by atoms with E-state index in [4.69, 9.17) is 9.88 Å². The maximum atomic E-state index is 12.1. The maximum absolute atomic E-state index is 12.1. The van der Waals surface area contributed by atoms with Crippen LogP contribution < -0.4 is 10.5 Å². The van der Waals surface area contributed by atoms with Crippen LogP contribution in [0.5, 0.6) is 0 Å². The zero-order chi connectivity index (χ0) is 25.8. The number of rotatable bonds is 5. The van der Waals surface area contributed by atoms with Crippen molar-refractivity contribution in [3.8, 4) is 22.3 Å². The van der Waals surface area contributed by atoms with E-state index < -0.39 is 21.7 Å². The molecule has 0 radical (unpaired) electrons. The first-order valence-corrected chi connectivity index (χ1v) is 12.9. The summed E-state index contributed by atoms with van der Waals surface area (Å²) in [5, 5.41) is 22.9. The van der Waals surface area contributed by atoms with Crippen molar-refractivity contribution in [2.75, 3.05) is 13.2 Å². The predicted molar refractivity (Wildman–Crippen MR) is 136 cm³/mol. The molecular weight excluding hydrogens is 494 g/mol. The second-order valence-electron chi connectivity index (χ2n) is 8.95. The van der Waals surface area contributed by atoms with E-state index in [1.54, 1.807) is 35.1 Å². The van der Waals surface area contributed by atoms with Gasteiger partial charge in [0.2, 0.25) is 10.0 Å². The van der Waals surface area contributed by atoms with Crippen LogP contribution in [0.15, 0.2) is 84.1 Å². The molecule has 2 aromatic heterocycles. The second kappa shape index (κ2) is 8.37. The summed E-state index contributed by atoms with van der Waals surface area (Å²) in [4.78, 5) is 15.9. The minimum absolute atomic E-state index is 0.0656. The Hall–Kier alpha value is -4.32. The lowest BCUT2D eigenvalue weighted by atomic mass is 9.87. The van der Waals surface area contributed by atoms with Crippen molar-refractivity contribution in [1.29, 1.82) is 0 Å². The SMILES string of the molecule is NS(=O)(=O)c1ccc(-c2cnn3cc(-c4ccc(C5(NC(=O)O)COC5)cc4)cnc23)c2ccccc12. The Bertz CT molecular complexity index is 1790. The normalized spacial score (nSPS) is 14.9. The van der Waals surface area contributed by atoms with E-state index in [9.17, 15) is 18.3 Å². The summed E-state index contributed by atoms with van der Waals surface area (Å²) in [5.74, 6) is 0. The molecule has 11 heteroatoms. The lowest BCUT2D eigenvalue weighted by molar-refractivity contribution is -0.0743. The monoisotopic (exact) mass is 515 g/mol. The smallest absolute Gasteiger partial charge is 0.405 e. The summed E-state index contributed by atoms with van der Waals surface area (Å²) in [7, 11) is -3.89. The molecule has 5 aromatic rings. The average molecular weight is 516 g/mol. The van der Waals surface area contributed by atoms with Crippen molar-refractivity contribution >= 4 is 32.5 Å². The number of hydrogen-bond acceptors (Lipinski definition) is 6. The van der Waals surface area contributed by atoms with Crippen LogP contribution in [0, 0.1) is 0 Å². The first kappa shape index (κ1) is 23.1. The molecule has 0 unspecified atom stereocenters.